The topological polar surface area (TPSA) is 12.0 Å². The summed E-state index contributed by atoms with van der Waals surface area (Å²) in [5.41, 5.74) is 1.28. The van der Waals surface area contributed by atoms with Gasteiger partial charge < -0.3 is 5.32 Å². The Labute approximate surface area is 84.1 Å². The SMILES string of the molecule is CC(NC1CC1)c1cccc(Cl)c1. The van der Waals surface area contributed by atoms with Crippen LogP contribution in [0.4, 0.5) is 0 Å². The molecule has 70 valence electrons. The summed E-state index contributed by atoms with van der Waals surface area (Å²) in [5, 5.41) is 4.36. The maximum absolute atomic E-state index is 5.91. The van der Waals surface area contributed by atoms with Gasteiger partial charge in [0.05, 0.1) is 0 Å². The van der Waals surface area contributed by atoms with Crippen LogP contribution in [0.1, 0.15) is 31.4 Å². The number of rotatable bonds is 3. The molecule has 0 radical (unpaired) electrons. The van der Waals surface area contributed by atoms with Gasteiger partial charge in [-0.2, -0.15) is 0 Å². The highest BCUT2D eigenvalue weighted by Crippen LogP contribution is 2.24. The predicted octanol–water partition coefficient (Wildman–Crippen LogP) is 3.15. The minimum Gasteiger partial charge on any atom is -0.307 e. The molecule has 0 aliphatic heterocycles. The molecule has 1 atom stereocenters. The first kappa shape index (κ1) is 9.04. The number of halogens is 1. The van der Waals surface area contributed by atoms with Crippen LogP contribution in [0.5, 0.6) is 0 Å². The van der Waals surface area contributed by atoms with Crippen LogP contribution >= 0.6 is 11.6 Å². The molecule has 2 heteroatoms. The quantitative estimate of drug-likeness (QED) is 0.782. The van der Waals surface area contributed by atoms with E-state index in [2.05, 4.69) is 18.3 Å². The van der Waals surface area contributed by atoms with Gasteiger partial charge in [-0.3, -0.25) is 0 Å². The Morgan fingerprint density at radius 1 is 1.46 bits per heavy atom. The lowest BCUT2D eigenvalue weighted by molar-refractivity contribution is 0.571. The summed E-state index contributed by atoms with van der Waals surface area (Å²) in [5.74, 6) is 0. The Hall–Kier alpha value is -0.530. The molecule has 0 bridgehead atoms. The fourth-order valence-corrected chi connectivity index (χ4v) is 1.67. The Morgan fingerprint density at radius 3 is 2.85 bits per heavy atom. The van der Waals surface area contributed by atoms with Gasteiger partial charge in [0.1, 0.15) is 0 Å². The molecule has 1 saturated carbocycles. The van der Waals surface area contributed by atoms with Crippen LogP contribution in [0, 0.1) is 0 Å². The van der Waals surface area contributed by atoms with Crippen molar-refractivity contribution in [3.8, 4) is 0 Å². The normalized spacial score (nSPS) is 18.6. The van der Waals surface area contributed by atoms with Crippen LogP contribution < -0.4 is 5.32 Å². The molecule has 0 spiro atoms. The van der Waals surface area contributed by atoms with E-state index in [-0.39, 0.29) is 0 Å². The predicted molar refractivity (Wildman–Crippen MR) is 56.0 cm³/mol. The zero-order chi connectivity index (χ0) is 9.26. The molecule has 1 unspecified atom stereocenters. The second-order valence-electron chi connectivity index (χ2n) is 3.72. The first-order chi connectivity index (χ1) is 6.25. The summed E-state index contributed by atoms with van der Waals surface area (Å²) in [6, 6.07) is 9.23. The smallest absolute Gasteiger partial charge is 0.0409 e. The molecule has 1 N–H and O–H groups in total. The average molecular weight is 196 g/mol. The number of benzene rings is 1. The first-order valence-corrected chi connectivity index (χ1v) is 5.15. The summed E-state index contributed by atoms with van der Waals surface area (Å²) >= 11 is 5.91. The van der Waals surface area contributed by atoms with E-state index in [0.29, 0.717) is 6.04 Å². The van der Waals surface area contributed by atoms with Gasteiger partial charge in [0.15, 0.2) is 0 Å². The zero-order valence-electron chi connectivity index (χ0n) is 7.76. The number of hydrogen-bond acceptors (Lipinski definition) is 1. The Morgan fingerprint density at radius 2 is 2.23 bits per heavy atom. The average Bonchev–Trinajstić information content (AvgIpc) is 2.88. The second-order valence-corrected chi connectivity index (χ2v) is 4.15. The molecule has 1 aromatic carbocycles. The fourth-order valence-electron chi connectivity index (χ4n) is 1.48. The third-order valence-corrected chi connectivity index (χ3v) is 2.65. The third kappa shape index (κ3) is 2.45. The van der Waals surface area contributed by atoms with Crippen LogP contribution in [0.15, 0.2) is 24.3 Å². The van der Waals surface area contributed by atoms with Crippen LogP contribution in [-0.4, -0.2) is 6.04 Å². The van der Waals surface area contributed by atoms with E-state index in [0.717, 1.165) is 11.1 Å². The van der Waals surface area contributed by atoms with E-state index < -0.39 is 0 Å². The molecule has 1 aromatic rings. The van der Waals surface area contributed by atoms with Crippen molar-refractivity contribution in [3.05, 3.63) is 34.9 Å². The molecule has 0 aromatic heterocycles. The minimum absolute atomic E-state index is 0.422. The van der Waals surface area contributed by atoms with Gasteiger partial charge in [0.25, 0.3) is 0 Å². The molecule has 0 saturated heterocycles. The molecule has 13 heavy (non-hydrogen) atoms. The largest absolute Gasteiger partial charge is 0.307 e. The maximum atomic E-state index is 5.91. The van der Waals surface area contributed by atoms with E-state index in [9.17, 15) is 0 Å². The highest BCUT2D eigenvalue weighted by Gasteiger charge is 2.23. The standard InChI is InChI=1S/C11H14ClN/c1-8(13-11-5-6-11)9-3-2-4-10(12)7-9/h2-4,7-8,11,13H,5-6H2,1H3. The van der Waals surface area contributed by atoms with Crippen molar-refractivity contribution in [2.75, 3.05) is 0 Å². The van der Waals surface area contributed by atoms with Crippen molar-refractivity contribution in [1.29, 1.82) is 0 Å². The van der Waals surface area contributed by atoms with Crippen LogP contribution in [-0.2, 0) is 0 Å². The molecule has 2 rings (SSSR count). The van der Waals surface area contributed by atoms with Crippen molar-refractivity contribution in [1.82, 2.24) is 5.32 Å². The monoisotopic (exact) mass is 195 g/mol. The van der Waals surface area contributed by atoms with Crippen LogP contribution in [0.25, 0.3) is 0 Å². The van der Waals surface area contributed by atoms with Crippen molar-refractivity contribution < 1.29 is 0 Å². The molecular formula is C11H14ClN. The number of hydrogen-bond donors (Lipinski definition) is 1. The summed E-state index contributed by atoms with van der Waals surface area (Å²) in [6.45, 7) is 2.18. The van der Waals surface area contributed by atoms with Gasteiger partial charge in [-0.15, -0.1) is 0 Å². The highest BCUT2D eigenvalue weighted by atomic mass is 35.5. The summed E-state index contributed by atoms with van der Waals surface area (Å²) in [7, 11) is 0. The molecule has 0 amide bonds. The van der Waals surface area contributed by atoms with E-state index in [1.165, 1.54) is 18.4 Å². The second kappa shape index (κ2) is 3.69. The van der Waals surface area contributed by atoms with E-state index in [1.54, 1.807) is 0 Å². The Bertz CT molecular complexity index is 294. The lowest BCUT2D eigenvalue weighted by Gasteiger charge is -2.13. The fraction of sp³-hybridized carbons (Fsp3) is 0.455. The molecular weight excluding hydrogens is 182 g/mol. The lowest BCUT2D eigenvalue weighted by atomic mass is 10.1. The summed E-state index contributed by atoms with van der Waals surface area (Å²) < 4.78 is 0. The number of nitrogens with one attached hydrogen (secondary N) is 1. The molecule has 1 nitrogen and oxygen atoms in total. The molecule has 0 heterocycles. The van der Waals surface area contributed by atoms with Gasteiger partial charge >= 0.3 is 0 Å². The molecule has 1 aliphatic rings. The van der Waals surface area contributed by atoms with Gasteiger partial charge in [0, 0.05) is 17.1 Å². The van der Waals surface area contributed by atoms with E-state index >= 15 is 0 Å². The van der Waals surface area contributed by atoms with Crippen LogP contribution in [0.3, 0.4) is 0 Å². The van der Waals surface area contributed by atoms with Gasteiger partial charge in [-0.1, -0.05) is 23.7 Å². The van der Waals surface area contributed by atoms with Gasteiger partial charge in [-0.25, -0.2) is 0 Å². The minimum atomic E-state index is 0.422. The van der Waals surface area contributed by atoms with E-state index in [4.69, 9.17) is 11.6 Å². The zero-order valence-corrected chi connectivity index (χ0v) is 8.51. The van der Waals surface area contributed by atoms with Gasteiger partial charge in [-0.05, 0) is 37.5 Å². The summed E-state index contributed by atoms with van der Waals surface area (Å²) in [6.07, 6.45) is 2.65. The molecule has 1 fully saturated rings. The molecule has 1 aliphatic carbocycles. The highest BCUT2D eigenvalue weighted by molar-refractivity contribution is 6.30. The third-order valence-electron chi connectivity index (χ3n) is 2.41. The lowest BCUT2D eigenvalue weighted by Crippen LogP contribution is -2.20. The Kier molecular flexibility index (Phi) is 2.56. The van der Waals surface area contributed by atoms with Crippen molar-refractivity contribution in [3.63, 3.8) is 0 Å². The van der Waals surface area contributed by atoms with Crippen LogP contribution in [0.2, 0.25) is 5.02 Å². The van der Waals surface area contributed by atoms with Gasteiger partial charge in [0.2, 0.25) is 0 Å². The maximum Gasteiger partial charge on any atom is 0.0409 e. The Balaban J connectivity index is 2.04. The van der Waals surface area contributed by atoms with E-state index in [1.807, 2.05) is 18.2 Å². The first-order valence-electron chi connectivity index (χ1n) is 4.77. The van der Waals surface area contributed by atoms with Crippen molar-refractivity contribution in [2.24, 2.45) is 0 Å². The van der Waals surface area contributed by atoms with Crippen molar-refractivity contribution >= 4 is 11.6 Å². The summed E-state index contributed by atoms with van der Waals surface area (Å²) in [4.78, 5) is 0. The van der Waals surface area contributed by atoms with Crippen molar-refractivity contribution in [2.45, 2.75) is 31.8 Å².